The van der Waals surface area contributed by atoms with Crippen molar-refractivity contribution in [3.05, 3.63) is 0 Å². The first-order valence-corrected chi connectivity index (χ1v) is 3.62. The Bertz CT molecular complexity index is 105. The van der Waals surface area contributed by atoms with E-state index in [1.807, 2.05) is 13.8 Å². The topological polar surface area (TPSA) is 43.4 Å². The smallest absolute Gasteiger partial charge is 0.550 e. The predicted octanol–water partition coefficient (Wildman–Crippen LogP) is -3.53. The van der Waals surface area contributed by atoms with Crippen LogP contribution in [-0.2, 0) is 4.79 Å². The van der Waals surface area contributed by atoms with Crippen molar-refractivity contribution in [1.29, 1.82) is 0 Å². The van der Waals surface area contributed by atoms with E-state index >= 15 is 0 Å². The molecular formula is C7H14KNO2. The fourth-order valence-corrected chi connectivity index (χ4v) is 0.789. The number of hydrogen-bond acceptors (Lipinski definition) is 3. The van der Waals surface area contributed by atoms with Gasteiger partial charge in [0, 0.05) is 12.5 Å². The summed E-state index contributed by atoms with van der Waals surface area (Å²) in [6, 6.07) is 0. The Kier molecular flexibility index (Phi) is 12.1. The van der Waals surface area contributed by atoms with Gasteiger partial charge in [-0.3, -0.25) is 0 Å². The Morgan fingerprint density at radius 1 is 1.36 bits per heavy atom. The van der Waals surface area contributed by atoms with Crippen LogP contribution in [0.1, 0.15) is 20.3 Å². The molecule has 0 atom stereocenters. The van der Waals surface area contributed by atoms with Crippen molar-refractivity contribution in [2.24, 2.45) is 0 Å². The fourth-order valence-electron chi connectivity index (χ4n) is 0.789. The maximum atomic E-state index is 10.00. The molecule has 60 valence electrons. The number of nitrogens with zero attached hydrogens (tertiary/aromatic N) is 1. The van der Waals surface area contributed by atoms with Crippen LogP contribution < -0.4 is 56.5 Å². The van der Waals surface area contributed by atoms with Crippen molar-refractivity contribution in [3.63, 3.8) is 0 Å². The Morgan fingerprint density at radius 2 is 1.82 bits per heavy atom. The van der Waals surface area contributed by atoms with Gasteiger partial charge in [-0.25, -0.2) is 0 Å². The first kappa shape index (κ1) is 14.6. The number of carbonyl (C=O) groups is 1. The van der Waals surface area contributed by atoms with Crippen LogP contribution in [0.15, 0.2) is 0 Å². The van der Waals surface area contributed by atoms with E-state index in [-0.39, 0.29) is 57.8 Å². The molecule has 0 aliphatic heterocycles. The minimum absolute atomic E-state index is 0. The number of aliphatic carboxylic acids is 1. The average molecular weight is 183 g/mol. The molecule has 0 saturated carbocycles. The van der Waals surface area contributed by atoms with Crippen LogP contribution in [0.5, 0.6) is 0 Å². The molecule has 0 aromatic heterocycles. The zero-order valence-corrected chi connectivity index (χ0v) is 10.7. The SMILES string of the molecule is CCN(CC)CCC(=O)[O-].[K+]. The number of hydrogen-bond donors (Lipinski definition) is 0. The monoisotopic (exact) mass is 183 g/mol. The summed E-state index contributed by atoms with van der Waals surface area (Å²) in [5, 5.41) is 10.00. The summed E-state index contributed by atoms with van der Waals surface area (Å²) in [7, 11) is 0. The van der Waals surface area contributed by atoms with Crippen LogP contribution in [0.3, 0.4) is 0 Å². The molecule has 0 spiro atoms. The first-order valence-electron chi connectivity index (χ1n) is 3.62. The van der Waals surface area contributed by atoms with Crippen molar-refractivity contribution in [3.8, 4) is 0 Å². The van der Waals surface area contributed by atoms with Crippen molar-refractivity contribution in [2.45, 2.75) is 20.3 Å². The number of carboxylic acids is 1. The summed E-state index contributed by atoms with van der Waals surface area (Å²) in [5.41, 5.74) is 0. The van der Waals surface area contributed by atoms with Crippen LogP contribution in [0.25, 0.3) is 0 Å². The average Bonchev–Trinajstić information content (AvgIpc) is 1.90. The third-order valence-electron chi connectivity index (χ3n) is 1.53. The van der Waals surface area contributed by atoms with Crippen LogP contribution in [0.2, 0.25) is 0 Å². The molecule has 0 bridgehead atoms. The number of rotatable bonds is 5. The van der Waals surface area contributed by atoms with E-state index in [0.717, 1.165) is 13.1 Å². The molecule has 0 saturated heterocycles. The third kappa shape index (κ3) is 8.98. The molecule has 0 N–H and O–H groups in total. The van der Waals surface area contributed by atoms with Crippen molar-refractivity contribution < 1.29 is 61.3 Å². The van der Waals surface area contributed by atoms with Gasteiger partial charge in [-0.05, 0) is 19.5 Å². The molecule has 0 aromatic rings. The van der Waals surface area contributed by atoms with Crippen LogP contribution in [-0.4, -0.2) is 30.5 Å². The molecule has 11 heavy (non-hydrogen) atoms. The second kappa shape index (κ2) is 9.16. The van der Waals surface area contributed by atoms with E-state index in [1.54, 1.807) is 0 Å². The van der Waals surface area contributed by atoms with Gasteiger partial charge in [-0.2, -0.15) is 0 Å². The summed E-state index contributed by atoms with van der Waals surface area (Å²) < 4.78 is 0. The second-order valence-corrected chi connectivity index (χ2v) is 2.15. The van der Waals surface area contributed by atoms with E-state index in [2.05, 4.69) is 4.90 Å². The normalized spacial score (nSPS) is 9.36. The zero-order chi connectivity index (χ0) is 7.98. The summed E-state index contributed by atoms with van der Waals surface area (Å²) in [4.78, 5) is 12.0. The van der Waals surface area contributed by atoms with Crippen LogP contribution in [0, 0.1) is 0 Å². The van der Waals surface area contributed by atoms with Crippen molar-refractivity contribution in [2.75, 3.05) is 19.6 Å². The Balaban J connectivity index is 0. The van der Waals surface area contributed by atoms with Gasteiger partial charge >= 0.3 is 51.4 Å². The van der Waals surface area contributed by atoms with Gasteiger partial charge in [0.2, 0.25) is 0 Å². The third-order valence-corrected chi connectivity index (χ3v) is 1.53. The standard InChI is InChI=1S/C7H15NO2.K/c1-3-8(4-2)6-5-7(9)10;/h3-6H2,1-2H3,(H,9,10);/q;+1/p-1. The molecule has 3 nitrogen and oxygen atoms in total. The summed E-state index contributed by atoms with van der Waals surface area (Å²) >= 11 is 0. The van der Waals surface area contributed by atoms with E-state index in [0.29, 0.717) is 6.54 Å². The van der Waals surface area contributed by atoms with E-state index < -0.39 is 5.97 Å². The molecule has 4 heteroatoms. The molecule has 0 amide bonds. The molecule has 0 aliphatic carbocycles. The minimum Gasteiger partial charge on any atom is -0.550 e. The molecule has 0 aliphatic rings. The molecule has 0 radical (unpaired) electrons. The summed E-state index contributed by atoms with van der Waals surface area (Å²) in [6.45, 7) is 6.44. The Labute approximate surface area is 111 Å². The summed E-state index contributed by atoms with van der Waals surface area (Å²) in [5.74, 6) is -0.966. The van der Waals surface area contributed by atoms with E-state index in [4.69, 9.17) is 0 Å². The van der Waals surface area contributed by atoms with Gasteiger partial charge in [0.1, 0.15) is 0 Å². The van der Waals surface area contributed by atoms with Crippen LogP contribution >= 0.6 is 0 Å². The van der Waals surface area contributed by atoms with Crippen LogP contribution in [0.4, 0.5) is 0 Å². The van der Waals surface area contributed by atoms with Gasteiger partial charge in [-0.1, -0.05) is 13.8 Å². The molecule has 0 fully saturated rings. The maximum absolute atomic E-state index is 10.00. The van der Waals surface area contributed by atoms with E-state index in [9.17, 15) is 9.90 Å². The Hall–Kier alpha value is 1.07. The zero-order valence-electron chi connectivity index (χ0n) is 7.59. The molecule has 0 heterocycles. The van der Waals surface area contributed by atoms with Gasteiger partial charge in [-0.15, -0.1) is 0 Å². The maximum Gasteiger partial charge on any atom is 1.00 e. The van der Waals surface area contributed by atoms with Gasteiger partial charge < -0.3 is 14.8 Å². The van der Waals surface area contributed by atoms with Gasteiger partial charge in [0.05, 0.1) is 0 Å². The molecule has 0 aromatic carbocycles. The van der Waals surface area contributed by atoms with E-state index in [1.165, 1.54) is 0 Å². The number of carboxylic acid groups (broad SMARTS) is 1. The largest absolute Gasteiger partial charge is 1.00 e. The van der Waals surface area contributed by atoms with Crippen molar-refractivity contribution in [1.82, 2.24) is 4.90 Å². The summed E-state index contributed by atoms with van der Waals surface area (Å²) in [6.07, 6.45) is 0.141. The van der Waals surface area contributed by atoms with Gasteiger partial charge in [0.25, 0.3) is 0 Å². The molecule has 0 rings (SSSR count). The minimum atomic E-state index is -0.966. The predicted molar refractivity (Wildman–Crippen MR) is 37.4 cm³/mol. The van der Waals surface area contributed by atoms with Crippen molar-refractivity contribution >= 4 is 5.97 Å². The first-order chi connectivity index (χ1) is 4.70. The molecular weight excluding hydrogens is 169 g/mol. The quantitative estimate of drug-likeness (QED) is 0.415. The molecule has 0 unspecified atom stereocenters. The Morgan fingerprint density at radius 3 is 2.09 bits per heavy atom. The fraction of sp³-hybridized carbons (Fsp3) is 0.857. The van der Waals surface area contributed by atoms with Gasteiger partial charge in [0.15, 0.2) is 0 Å². The number of carbonyl (C=O) groups excluding carboxylic acids is 1. The second-order valence-electron chi connectivity index (χ2n) is 2.15.